The van der Waals surface area contributed by atoms with E-state index in [0.717, 1.165) is 48.7 Å². The highest BCUT2D eigenvalue weighted by Gasteiger charge is 2.18. The van der Waals surface area contributed by atoms with Crippen LogP contribution in [0.2, 0.25) is 0 Å². The molecule has 0 aromatic heterocycles. The molecule has 0 bridgehead atoms. The highest BCUT2D eigenvalue weighted by atomic mass is 79.9. The Kier molecular flexibility index (Phi) is 5.43. The quantitative estimate of drug-likeness (QED) is 0.839. The van der Waals surface area contributed by atoms with Gasteiger partial charge in [-0.15, -0.1) is 0 Å². The van der Waals surface area contributed by atoms with Gasteiger partial charge in [-0.3, -0.25) is 0 Å². The van der Waals surface area contributed by atoms with E-state index in [9.17, 15) is 0 Å². The fourth-order valence-electron chi connectivity index (χ4n) is 2.15. The van der Waals surface area contributed by atoms with Crippen LogP contribution in [0.1, 0.15) is 20.3 Å². The van der Waals surface area contributed by atoms with Crippen molar-refractivity contribution in [1.82, 2.24) is 15.1 Å². The van der Waals surface area contributed by atoms with Crippen molar-refractivity contribution < 1.29 is 0 Å². The van der Waals surface area contributed by atoms with E-state index in [1.807, 2.05) is 7.05 Å². The zero-order valence-electron chi connectivity index (χ0n) is 12.5. The number of halogens is 1. The van der Waals surface area contributed by atoms with Crippen molar-refractivity contribution >= 4 is 21.8 Å². The number of rotatable bonds is 2. The molecule has 0 aliphatic carbocycles. The minimum absolute atomic E-state index is 0.967. The van der Waals surface area contributed by atoms with Gasteiger partial charge in [0.25, 0.3) is 0 Å². The van der Waals surface area contributed by atoms with Gasteiger partial charge in [0.1, 0.15) is 11.7 Å². The molecule has 20 heavy (non-hydrogen) atoms. The molecule has 0 aromatic carbocycles. The fourth-order valence-corrected chi connectivity index (χ4v) is 2.91. The summed E-state index contributed by atoms with van der Waals surface area (Å²) in [6.07, 6.45) is 7.38. The molecule has 0 atom stereocenters. The zero-order valence-corrected chi connectivity index (χ0v) is 14.1. The predicted octanol–water partition coefficient (Wildman–Crippen LogP) is 2.67. The number of aliphatic imine (C=N–C) groups is 1. The molecule has 0 aromatic rings. The van der Waals surface area contributed by atoms with Crippen LogP contribution in [0, 0.1) is 0 Å². The highest BCUT2D eigenvalue weighted by molar-refractivity contribution is 9.11. The average molecular weight is 339 g/mol. The van der Waals surface area contributed by atoms with Gasteiger partial charge < -0.3 is 15.1 Å². The first-order valence-corrected chi connectivity index (χ1v) is 7.93. The molecule has 5 heteroatoms. The third kappa shape index (κ3) is 3.73. The van der Waals surface area contributed by atoms with Crippen molar-refractivity contribution in [3.8, 4) is 0 Å². The van der Waals surface area contributed by atoms with Crippen molar-refractivity contribution in [3.63, 3.8) is 0 Å². The lowest BCUT2D eigenvalue weighted by Crippen LogP contribution is -2.46. The maximum atomic E-state index is 4.82. The fraction of sp³-hybridized carbons (Fsp3) is 0.533. The van der Waals surface area contributed by atoms with E-state index >= 15 is 0 Å². The van der Waals surface area contributed by atoms with E-state index < -0.39 is 0 Å². The molecule has 0 amide bonds. The first-order valence-electron chi connectivity index (χ1n) is 7.14. The van der Waals surface area contributed by atoms with Gasteiger partial charge in [-0.2, -0.15) is 0 Å². The van der Waals surface area contributed by atoms with Crippen molar-refractivity contribution in [2.75, 3.05) is 33.2 Å². The number of hydrogen-bond acceptors (Lipinski definition) is 4. The van der Waals surface area contributed by atoms with Crippen LogP contribution in [0.15, 0.2) is 39.2 Å². The standard InChI is InChI=1S/C15H23BrN4/c1-4-12(2)11-13(16)15-18-14(5-8-19(15)3)20-9-6-17-7-10-20/h5,8,11,17H,4,6-7,9-10H2,1-3H3/b12-11?,15-13+. The second-order valence-corrected chi connectivity index (χ2v) is 6.00. The van der Waals surface area contributed by atoms with Gasteiger partial charge >= 0.3 is 0 Å². The molecule has 1 N–H and O–H groups in total. The third-order valence-corrected chi connectivity index (χ3v) is 4.17. The van der Waals surface area contributed by atoms with Gasteiger partial charge in [0, 0.05) is 39.4 Å². The summed E-state index contributed by atoms with van der Waals surface area (Å²) in [6.45, 7) is 8.39. The van der Waals surface area contributed by atoms with Crippen LogP contribution >= 0.6 is 15.9 Å². The minimum atomic E-state index is 0.967. The van der Waals surface area contributed by atoms with E-state index in [2.05, 4.69) is 63.2 Å². The lowest BCUT2D eigenvalue weighted by Gasteiger charge is -2.32. The van der Waals surface area contributed by atoms with Crippen LogP contribution in [-0.2, 0) is 0 Å². The summed E-state index contributed by atoms with van der Waals surface area (Å²) in [5.41, 5.74) is 1.34. The summed E-state index contributed by atoms with van der Waals surface area (Å²) in [6, 6.07) is 0. The molecule has 0 saturated carbocycles. The SMILES string of the molecule is CCC(C)=C/C(Br)=C1/N=C(N2CCNCC2)C=CN1C. The van der Waals surface area contributed by atoms with Gasteiger partial charge in [-0.25, -0.2) is 4.99 Å². The summed E-state index contributed by atoms with van der Waals surface area (Å²) < 4.78 is 1.04. The first kappa shape index (κ1) is 15.3. The third-order valence-electron chi connectivity index (χ3n) is 3.59. The minimum Gasteiger partial charge on any atom is -0.354 e. The molecule has 0 unspecified atom stereocenters. The average Bonchev–Trinajstić information content (AvgIpc) is 2.48. The van der Waals surface area contributed by atoms with Crippen molar-refractivity contribution in [2.45, 2.75) is 20.3 Å². The van der Waals surface area contributed by atoms with Crippen LogP contribution in [0.3, 0.4) is 0 Å². The van der Waals surface area contributed by atoms with Crippen LogP contribution in [0.25, 0.3) is 0 Å². The number of nitrogens with zero attached hydrogens (tertiary/aromatic N) is 3. The second-order valence-electron chi connectivity index (χ2n) is 5.15. The van der Waals surface area contributed by atoms with Crippen molar-refractivity contribution in [1.29, 1.82) is 0 Å². The molecule has 4 nitrogen and oxygen atoms in total. The highest BCUT2D eigenvalue weighted by Crippen LogP contribution is 2.23. The molecular weight excluding hydrogens is 316 g/mol. The summed E-state index contributed by atoms with van der Waals surface area (Å²) in [5, 5.41) is 3.37. The van der Waals surface area contributed by atoms with Crippen LogP contribution in [0.5, 0.6) is 0 Å². The van der Waals surface area contributed by atoms with E-state index in [1.54, 1.807) is 0 Å². The number of hydrogen-bond donors (Lipinski definition) is 1. The van der Waals surface area contributed by atoms with Crippen LogP contribution in [-0.4, -0.2) is 48.9 Å². The summed E-state index contributed by atoms with van der Waals surface area (Å²) in [7, 11) is 2.03. The van der Waals surface area contributed by atoms with Crippen molar-refractivity contribution in [3.05, 3.63) is 34.2 Å². The summed E-state index contributed by atoms with van der Waals surface area (Å²) in [4.78, 5) is 9.20. The molecule has 1 saturated heterocycles. The Morgan fingerprint density at radius 2 is 2.15 bits per heavy atom. The molecule has 2 rings (SSSR count). The number of allylic oxidation sites excluding steroid dienone is 3. The molecule has 2 aliphatic heterocycles. The molecule has 2 heterocycles. The molecule has 2 aliphatic rings. The Balaban J connectivity index is 2.25. The Labute approximate surface area is 130 Å². The molecule has 0 spiro atoms. The topological polar surface area (TPSA) is 30.9 Å². The molecule has 0 radical (unpaired) electrons. The summed E-state index contributed by atoms with van der Waals surface area (Å²) in [5.74, 6) is 2.02. The first-order chi connectivity index (χ1) is 9.61. The normalized spacial score (nSPS) is 23.0. The lowest BCUT2D eigenvalue weighted by atomic mass is 10.2. The van der Waals surface area contributed by atoms with E-state index in [4.69, 9.17) is 4.99 Å². The zero-order chi connectivity index (χ0) is 14.5. The Morgan fingerprint density at radius 1 is 1.45 bits per heavy atom. The van der Waals surface area contributed by atoms with Gasteiger partial charge in [0.2, 0.25) is 0 Å². The van der Waals surface area contributed by atoms with Gasteiger partial charge in [0.15, 0.2) is 0 Å². The monoisotopic (exact) mass is 338 g/mol. The summed E-state index contributed by atoms with van der Waals surface area (Å²) >= 11 is 3.66. The maximum absolute atomic E-state index is 4.82. The van der Waals surface area contributed by atoms with E-state index in [1.165, 1.54) is 5.57 Å². The molecule has 110 valence electrons. The Bertz CT molecular complexity index is 470. The number of piperazine rings is 1. The smallest absolute Gasteiger partial charge is 0.149 e. The number of amidine groups is 1. The van der Waals surface area contributed by atoms with Gasteiger partial charge in [-0.1, -0.05) is 12.5 Å². The maximum Gasteiger partial charge on any atom is 0.149 e. The lowest BCUT2D eigenvalue weighted by molar-refractivity contribution is 0.355. The van der Waals surface area contributed by atoms with Crippen molar-refractivity contribution in [2.24, 2.45) is 4.99 Å². The Hall–Kier alpha value is -1.07. The van der Waals surface area contributed by atoms with E-state index in [-0.39, 0.29) is 0 Å². The molecular formula is C15H23BrN4. The molecule has 1 fully saturated rings. The second kappa shape index (κ2) is 7.09. The predicted molar refractivity (Wildman–Crippen MR) is 88.8 cm³/mol. The van der Waals surface area contributed by atoms with Gasteiger partial charge in [0.05, 0.1) is 4.48 Å². The number of nitrogens with one attached hydrogen (secondary N) is 1. The van der Waals surface area contributed by atoms with E-state index in [0.29, 0.717) is 0 Å². The van der Waals surface area contributed by atoms with Crippen LogP contribution < -0.4 is 5.32 Å². The van der Waals surface area contributed by atoms with Gasteiger partial charge in [-0.05, 0) is 41.4 Å². The Morgan fingerprint density at radius 3 is 2.80 bits per heavy atom. The van der Waals surface area contributed by atoms with Crippen LogP contribution in [0.4, 0.5) is 0 Å². The largest absolute Gasteiger partial charge is 0.354 e.